The molecule has 0 aliphatic heterocycles. The summed E-state index contributed by atoms with van der Waals surface area (Å²) in [5.74, 6) is -0.937. The Bertz CT molecular complexity index is 292. The van der Waals surface area contributed by atoms with Crippen LogP contribution in [-0.2, 0) is 4.79 Å². The Hall–Kier alpha value is -0.260. The first-order valence-corrected chi connectivity index (χ1v) is 6.05. The van der Waals surface area contributed by atoms with E-state index in [1.165, 1.54) is 0 Å². The number of carbonyl (C=O) groups is 1. The lowest BCUT2D eigenvalue weighted by atomic mass is 9.74. The lowest BCUT2D eigenvalue weighted by molar-refractivity contribution is -0.144. The minimum atomic E-state index is -1.16. The summed E-state index contributed by atoms with van der Waals surface area (Å²) in [6.45, 7) is 3.91. The summed E-state index contributed by atoms with van der Waals surface area (Å²) in [5.41, 5.74) is 10.7. The first-order chi connectivity index (χ1) is 7.06. The number of aliphatic carboxylic acids is 1. The molecule has 5 N–H and O–H groups in total. The van der Waals surface area contributed by atoms with Crippen LogP contribution >= 0.6 is 12.6 Å². The van der Waals surface area contributed by atoms with Crippen LogP contribution in [0.25, 0.3) is 0 Å². The maximum absolute atomic E-state index is 11.2. The Morgan fingerprint density at radius 1 is 1.25 bits per heavy atom. The topological polar surface area (TPSA) is 89.3 Å². The van der Waals surface area contributed by atoms with E-state index in [4.69, 9.17) is 11.5 Å². The summed E-state index contributed by atoms with van der Waals surface area (Å²) in [6.07, 6.45) is 3.03. The van der Waals surface area contributed by atoms with Crippen molar-refractivity contribution in [2.45, 2.75) is 61.8 Å². The van der Waals surface area contributed by atoms with Gasteiger partial charge in [-0.1, -0.05) is 6.92 Å². The fourth-order valence-electron chi connectivity index (χ4n) is 2.78. The molecule has 3 atom stereocenters. The fourth-order valence-corrected chi connectivity index (χ4v) is 3.42. The Morgan fingerprint density at radius 3 is 2.31 bits per heavy atom. The van der Waals surface area contributed by atoms with E-state index in [0.717, 1.165) is 12.8 Å². The molecule has 1 aliphatic carbocycles. The highest BCUT2D eigenvalue weighted by atomic mass is 32.1. The number of hydrogen-bond donors (Lipinski definition) is 4. The molecule has 94 valence electrons. The smallest absolute Gasteiger partial charge is 0.323 e. The van der Waals surface area contributed by atoms with Crippen molar-refractivity contribution in [1.82, 2.24) is 0 Å². The van der Waals surface area contributed by atoms with Crippen molar-refractivity contribution in [1.29, 1.82) is 0 Å². The van der Waals surface area contributed by atoms with Crippen molar-refractivity contribution >= 4 is 18.6 Å². The van der Waals surface area contributed by atoms with Crippen LogP contribution < -0.4 is 11.5 Å². The van der Waals surface area contributed by atoms with Crippen LogP contribution in [0, 0.1) is 0 Å². The van der Waals surface area contributed by atoms with Gasteiger partial charge in [-0.2, -0.15) is 12.6 Å². The molecule has 3 unspecified atom stereocenters. The van der Waals surface area contributed by atoms with E-state index in [-0.39, 0.29) is 5.54 Å². The molecule has 1 aliphatic rings. The lowest BCUT2D eigenvalue weighted by Crippen LogP contribution is -2.55. The largest absolute Gasteiger partial charge is 0.480 e. The van der Waals surface area contributed by atoms with Crippen molar-refractivity contribution < 1.29 is 9.90 Å². The summed E-state index contributed by atoms with van der Waals surface area (Å²) in [6, 6.07) is 0. The van der Waals surface area contributed by atoms with Crippen LogP contribution in [0.4, 0.5) is 0 Å². The molecule has 4 nitrogen and oxygen atoms in total. The van der Waals surface area contributed by atoms with Crippen molar-refractivity contribution in [3.05, 3.63) is 0 Å². The van der Waals surface area contributed by atoms with E-state index in [1.807, 2.05) is 13.8 Å². The van der Waals surface area contributed by atoms with Gasteiger partial charge in [-0.25, -0.2) is 0 Å². The maximum Gasteiger partial charge on any atom is 0.323 e. The predicted molar refractivity (Wildman–Crippen MR) is 67.6 cm³/mol. The van der Waals surface area contributed by atoms with Gasteiger partial charge in [0.05, 0.1) is 0 Å². The molecule has 0 saturated heterocycles. The number of nitrogens with two attached hydrogens (primary N) is 2. The number of hydrogen-bond acceptors (Lipinski definition) is 4. The summed E-state index contributed by atoms with van der Waals surface area (Å²) >= 11 is 4.53. The first kappa shape index (κ1) is 13.8. The van der Waals surface area contributed by atoms with Gasteiger partial charge in [-0.05, 0) is 39.0 Å². The molecule has 1 rings (SSSR count). The molecule has 0 aromatic rings. The van der Waals surface area contributed by atoms with Gasteiger partial charge >= 0.3 is 5.97 Å². The van der Waals surface area contributed by atoms with E-state index in [2.05, 4.69) is 12.6 Å². The molecule has 5 heteroatoms. The van der Waals surface area contributed by atoms with Gasteiger partial charge in [-0.15, -0.1) is 0 Å². The number of thiol groups is 1. The van der Waals surface area contributed by atoms with Gasteiger partial charge < -0.3 is 16.6 Å². The van der Waals surface area contributed by atoms with Crippen LogP contribution in [0.5, 0.6) is 0 Å². The second-order valence-corrected chi connectivity index (χ2v) is 6.90. The Morgan fingerprint density at radius 2 is 1.81 bits per heavy atom. The molecule has 16 heavy (non-hydrogen) atoms. The summed E-state index contributed by atoms with van der Waals surface area (Å²) in [4.78, 5) is 11.2. The zero-order chi connectivity index (χ0) is 12.6. The average Bonchev–Trinajstić information content (AvgIpc) is 1.97. The third-order valence-corrected chi connectivity index (χ3v) is 3.59. The molecule has 0 radical (unpaired) electrons. The van der Waals surface area contributed by atoms with Crippen LogP contribution in [0.15, 0.2) is 0 Å². The van der Waals surface area contributed by atoms with Gasteiger partial charge in [0.15, 0.2) is 0 Å². The van der Waals surface area contributed by atoms with Gasteiger partial charge in [0, 0.05) is 10.3 Å². The van der Waals surface area contributed by atoms with E-state index in [1.54, 1.807) is 0 Å². The number of carboxylic acid groups (broad SMARTS) is 1. The molecule has 1 fully saturated rings. The minimum Gasteiger partial charge on any atom is -0.480 e. The highest BCUT2D eigenvalue weighted by Gasteiger charge is 2.44. The van der Waals surface area contributed by atoms with Crippen molar-refractivity contribution in [3.63, 3.8) is 0 Å². The van der Waals surface area contributed by atoms with Crippen LogP contribution in [0.1, 0.15) is 46.0 Å². The average molecular weight is 246 g/mol. The summed E-state index contributed by atoms with van der Waals surface area (Å²) in [5, 5.41) is 9.19. The molecule has 0 heterocycles. The van der Waals surface area contributed by atoms with Crippen LogP contribution in [-0.4, -0.2) is 26.9 Å². The van der Waals surface area contributed by atoms with Gasteiger partial charge in [0.25, 0.3) is 0 Å². The van der Waals surface area contributed by atoms with Crippen molar-refractivity contribution in [2.75, 3.05) is 0 Å². The van der Waals surface area contributed by atoms with E-state index < -0.39 is 16.3 Å². The quantitative estimate of drug-likeness (QED) is 0.522. The second kappa shape index (κ2) is 4.20. The monoisotopic (exact) mass is 246 g/mol. The Kier molecular flexibility index (Phi) is 3.62. The van der Waals surface area contributed by atoms with Crippen LogP contribution in [0.3, 0.4) is 0 Å². The van der Waals surface area contributed by atoms with Gasteiger partial charge in [-0.3, -0.25) is 4.79 Å². The fraction of sp³-hybridized carbons (Fsp3) is 0.909. The Labute approximate surface area is 102 Å². The summed E-state index contributed by atoms with van der Waals surface area (Å²) < 4.78 is -0.433. The van der Waals surface area contributed by atoms with Crippen molar-refractivity contribution in [3.8, 4) is 0 Å². The zero-order valence-electron chi connectivity index (χ0n) is 9.99. The third kappa shape index (κ3) is 3.37. The normalized spacial score (nSPS) is 45.8. The standard InChI is InChI=1S/C11H22N2O2S/c1-9(12)4-3-5-11(13,8(14)15)7-10(2,16)6-9/h16H,3-7,12-13H2,1-2H3,(H,14,15). The van der Waals surface area contributed by atoms with Gasteiger partial charge in [0.1, 0.15) is 5.54 Å². The second-order valence-electron chi connectivity index (χ2n) is 5.82. The van der Waals surface area contributed by atoms with E-state index >= 15 is 0 Å². The maximum atomic E-state index is 11.2. The lowest BCUT2D eigenvalue weighted by Gasteiger charge is -2.41. The highest BCUT2D eigenvalue weighted by Crippen LogP contribution is 2.38. The number of rotatable bonds is 1. The predicted octanol–water partition coefficient (Wildman–Crippen LogP) is 1.14. The molecular weight excluding hydrogens is 224 g/mol. The highest BCUT2D eigenvalue weighted by molar-refractivity contribution is 7.81. The van der Waals surface area contributed by atoms with Gasteiger partial charge in [0.2, 0.25) is 0 Å². The number of carboxylic acids is 1. The molecule has 0 bridgehead atoms. The first-order valence-electron chi connectivity index (χ1n) is 5.60. The van der Waals surface area contributed by atoms with Crippen LogP contribution in [0.2, 0.25) is 0 Å². The third-order valence-electron chi connectivity index (χ3n) is 3.28. The minimum absolute atomic E-state index is 0.281. The summed E-state index contributed by atoms with van der Waals surface area (Å²) in [7, 11) is 0. The van der Waals surface area contributed by atoms with Crippen molar-refractivity contribution in [2.24, 2.45) is 11.5 Å². The molecule has 0 spiro atoms. The van der Waals surface area contributed by atoms with E-state index in [0.29, 0.717) is 19.3 Å². The molecule has 0 aromatic carbocycles. The molecule has 1 saturated carbocycles. The SMILES string of the molecule is CC1(N)CCCC(N)(C(=O)O)CC(C)(S)C1. The molecule has 0 aromatic heterocycles. The Balaban J connectivity index is 2.90. The zero-order valence-corrected chi connectivity index (χ0v) is 10.9. The molecular formula is C11H22N2O2S. The van der Waals surface area contributed by atoms with E-state index in [9.17, 15) is 9.90 Å². The molecule has 0 amide bonds.